The summed E-state index contributed by atoms with van der Waals surface area (Å²) < 4.78 is 28.0. The van der Waals surface area contributed by atoms with E-state index in [-0.39, 0.29) is 17.2 Å². The summed E-state index contributed by atoms with van der Waals surface area (Å²) in [6.07, 6.45) is 1.30. The minimum atomic E-state index is -3.84. The average Bonchev–Trinajstić information content (AvgIpc) is 2.70. The van der Waals surface area contributed by atoms with Crippen LogP contribution in [0.25, 0.3) is 11.3 Å². The van der Waals surface area contributed by atoms with Crippen molar-refractivity contribution in [2.75, 3.05) is 10.1 Å². The van der Waals surface area contributed by atoms with Crippen LogP contribution < -0.4 is 10.0 Å². The normalized spacial score (nSPS) is 14.2. The zero-order valence-electron chi connectivity index (χ0n) is 14.6. The third kappa shape index (κ3) is 3.34. The van der Waals surface area contributed by atoms with Crippen molar-refractivity contribution in [2.45, 2.75) is 16.6 Å². The van der Waals surface area contributed by atoms with Crippen LogP contribution in [0.3, 0.4) is 0 Å². The summed E-state index contributed by atoms with van der Waals surface area (Å²) in [7, 11) is -3.84. The summed E-state index contributed by atoms with van der Waals surface area (Å²) in [5.41, 5.74) is 7.64. The average molecular weight is 412 g/mol. The minimum absolute atomic E-state index is 0.0211. The summed E-state index contributed by atoms with van der Waals surface area (Å²) in [6, 6.07) is 16.6. The maximum atomic E-state index is 13.3. The lowest BCUT2D eigenvalue weighted by atomic mass is 10.1. The lowest BCUT2D eigenvalue weighted by Gasteiger charge is -2.31. The van der Waals surface area contributed by atoms with Crippen LogP contribution in [0.5, 0.6) is 0 Å². The van der Waals surface area contributed by atoms with Gasteiger partial charge < -0.3 is 5.73 Å². The zero-order valence-corrected chi connectivity index (χ0v) is 16.3. The molecule has 4 rings (SSSR count). The topological polar surface area (TPSA) is 106 Å². The lowest BCUT2D eigenvalue weighted by molar-refractivity contribution is -0.115. The van der Waals surface area contributed by atoms with E-state index in [4.69, 9.17) is 5.73 Å². The fraction of sp³-hybridized carbons (Fsp3) is 0.105. The van der Waals surface area contributed by atoms with Crippen LogP contribution in [-0.4, -0.2) is 30.0 Å². The molecule has 0 saturated carbocycles. The van der Waals surface area contributed by atoms with E-state index < -0.39 is 15.9 Å². The molecule has 142 valence electrons. The molecule has 0 fully saturated rings. The smallest absolute Gasteiger partial charge is 0.268 e. The van der Waals surface area contributed by atoms with Gasteiger partial charge >= 0.3 is 0 Å². The molecule has 0 saturated heterocycles. The number of thioether (sulfide) groups is 1. The molecule has 2 aromatic carbocycles. The Hall–Kier alpha value is -2.91. The molecule has 1 amide bonds. The largest absolute Gasteiger partial charge is 0.369 e. The SMILES string of the molecule is NC(=O)CSc1ncc2c(n1)-c1ccccc1N(Cc1ccccc1)S2(=O)=O. The summed E-state index contributed by atoms with van der Waals surface area (Å²) in [5.74, 6) is -0.471. The van der Waals surface area contributed by atoms with Crippen molar-refractivity contribution in [1.29, 1.82) is 0 Å². The molecular weight excluding hydrogens is 396 g/mol. The molecule has 1 aromatic heterocycles. The quantitative estimate of drug-likeness (QED) is 0.510. The molecule has 0 spiro atoms. The number of hydrogen-bond donors (Lipinski definition) is 1. The first-order chi connectivity index (χ1) is 13.5. The minimum Gasteiger partial charge on any atom is -0.369 e. The van der Waals surface area contributed by atoms with Gasteiger partial charge in [0.2, 0.25) is 5.91 Å². The highest BCUT2D eigenvalue weighted by molar-refractivity contribution is 7.99. The van der Waals surface area contributed by atoms with Crippen LogP contribution in [-0.2, 0) is 21.4 Å². The highest BCUT2D eigenvalue weighted by Gasteiger charge is 2.36. The molecule has 0 radical (unpaired) electrons. The van der Waals surface area contributed by atoms with Gasteiger partial charge in [-0.15, -0.1) is 0 Å². The predicted molar refractivity (Wildman–Crippen MR) is 107 cm³/mol. The highest BCUT2D eigenvalue weighted by atomic mass is 32.2. The van der Waals surface area contributed by atoms with Crippen LogP contribution in [0.1, 0.15) is 5.56 Å². The maximum absolute atomic E-state index is 13.3. The predicted octanol–water partition coefficient (Wildman–Crippen LogP) is 2.43. The van der Waals surface area contributed by atoms with Crippen molar-refractivity contribution >= 4 is 33.4 Å². The number of carbonyl (C=O) groups is 1. The monoisotopic (exact) mass is 412 g/mol. The Bertz CT molecular complexity index is 1150. The van der Waals surface area contributed by atoms with E-state index in [0.29, 0.717) is 22.1 Å². The first kappa shape index (κ1) is 18.5. The van der Waals surface area contributed by atoms with Gasteiger partial charge in [-0.05, 0) is 11.6 Å². The van der Waals surface area contributed by atoms with Crippen molar-refractivity contribution in [3.05, 3.63) is 66.4 Å². The van der Waals surface area contributed by atoms with E-state index in [1.54, 1.807) is 12.1 Å². The molecule has 2 N–H and O–H groups in total. The Morgan fingerprint density at radius 1 is 1.07 bits per heavy atom. The zero-order chi connectivity index (χ0) is 19.7. The number of fused-ring (bicyclic) bond motifs is 3. The summed E-state index contributed by atoms with van der Waals surface area (Å²) in [4.78, 5) is 19.6. The van der Waals surface area contributed by atoms with Crippen LogP contribution in [0.4, 0.5) is 5.69 Å². The number of nitrogens with two attached hydrogens (primary N) is 1. The first-order valence-electron chi connectivity index (χ1n) is 8.41. The highest BCUT2D eigenvalue weighted by Crippen LogP contribution is 2.42. The number of primary amides is 1. The van der Waals surface area contributed by atoms with E-state index in [0.717, 1.165) is 17.3 Å². The molecule has 0 atom stereocenters. The first-order valence-corrected chi connectivity index (χ1v) is 10.8. The van der Waals surface area contributed by atoms with E-state index in [2.05, 4.69) is 9.97 Å². The number of aromatic nitrogens is 2. The number of rotatable bonds is 5. The second-order valence-corrected chi connectivity index (χ2v) is 8.91. The molecule has 1 aliphatic heterocycles. The van der Waals surface area contributed by atoms with E-state index in [9.17, 15) is 13.2 Å². The van der Waals surface area contributed by atoms with Crippen LogP contribution in [0, 0.1) is 0 Å². The molecule has 1 aliphatic rings. The molecule has 0 aliphatic carbocycles. The standard InChI is InChI=1S/C19H16N4O3S2/c20-17(24)12-27-19-21-10-16-18(22-19)14-8-4-5-9-15(14)23(28(16,25)26)11-13-6-2-1-3-7-13/h1-10H,11-12H2,(H2,20,24). The number of benzene rings is 2. The number of nitrogens with zero attached hydrogens (tertiary/aromatic N) is 3. The van der Waals surface area contributed by atoms with Gasteiger partial charge in [-0.3, -0.25) is 9.10 Å². The van der Waals surface area contributed by atoms with Crippen molar-refractivity contribution in [1.82, 2.24) is 9.97 Å². The van der Waals surface area contributed by atoms with Gasteiger partial charge in [0.25, 0.3) is 10.0 Å². The Morgan fingerprint density at radius 3 is 2.54 bits per heavy atom. The summed E-state index contributed by atoms with van der Waals surface area (Å²) in [6.45, 7) is 0.206. The van der Waals surface area contributed by atoms with Crippen molar-refractivity contribution in [3.63, 3.8) is 0 Å². The fourth-order valence-corrected chi connectivity index (χ4v) is 5.12. The molecular formula is C19H16N4O3S2. The van der Waals surface area contributed by atoms with Gasteiger partial charge in [0.15, 0.2) is 5.16 Å². The second-order valence-electron chi connectivity index (χ2n) is 6.13. The molecule has 0 bridgehead atoms. The molecule has 0 unspecified atom stereocenters. The number of sulfonamides is 1. The third-order valence-electron chi connectivity index (χ3n) is 4.24. The number of hydrogen-bond acceptors (Lipinski definition) is 6. The molecule has 3 aromatic rings. The summed E-state index contributed by atoms with van der Waals surface area (Å²) >= 11 is 1.07. The van der Waals surface area contributed by atoms with Crippen LogP contribution in [0.2, 0.25) is 0 Å². The van der Waals surface area contributed by atoms with E-state index in [1.165, 1.54) is 10.5 Å². The number of carbonyl (C=O) groups excluding carboxylic acids is 1. The van der Waals surface area contributed by atoms with Gasteiger partial charge in [-0.25, -0.2) is 18.4 Å². The molecule has 2 heterocycles. The van der Waals surface area contributed by atoms with Crippen molar-refractivity contribution in [2.24, 2.45) is 5.73 Å². The molecule has 28 heavy (non-hydrogen) atoms. The van der Waals surface area contributed by atoms with Crippen molar-refractivity contribution in [3.8, 4) is 11.3 Å². The van der Waals surface area contributed by atoms with Crippen LogP contribution in [0.15, 0.2) is 70.8 Å². The van der Waals surface area contributed by atoms with Crippen LogP contribution >= 0.6 is 11.8 Å². The number of anilines is 1. The van der Waals surface area contributed by atoms with Crippen molar-refractivity contribution < 1.29 is 13.2 Å². The molecule has 9 heteroatoms. The maximum Gasteiger partial charge on any atom is 0.268 e. The van der Waals surface area contributed by atoms with Gasteiger partial charge in [0.1, 0.15) is 4.90 Å². The number of amides is 1. The van der Waals surface area contributed by atoms with Gasteiger partial charge in [-0.2, -0.15) is 0 Å². The fourth-order valence-electron chi connectivity index (χ4n) is 3.00. The Labute approximate surface area is 166 Å². The van der Waals surface area contributed by atoms with Gasteiger partial charge in [0.05, 0.1) is 29.9 Å². The Balaban J connectivity index is 1.82. The third-order valence-corrected chi connectivity index (χ3v) is 6.89. The lowest BCUT2D eigenvalue weighted by Crippen LogP contribution is -2.34. The summed E-state index contributed by atoms with van der Waals surface area (Å²) in [5, 5.41) is 0.305. The van der Waals surface area contributed by atoms with Gasteiger partial charge in [-0.1, -0.05) is 60.3 Å². The van der Waals surface area contributed by atoms with E-state index >= 15 is 0 Å². The van der Waals surface area contributed by atoms with E-state index in [1.807, 2.05) is 42.5 Å². The Kier molecular flexibility index (Phi) is 4.78. The second kappa shape index (κ2) is 7.25. The molecule has 7 nitrogen and oxygen atoms in total. The Morgan fingerprint density at radius 2 is 1.79 bits per heavy atom. The number of para-hydroxylation sites is 1. The van der Waals surface area contributed by atoms with Gasteiger partial charge in [0, 0.05) is 5.56 Å².